The van der Waals surface area contributed by atoms with Crippen LogP contribution in [0.1, 0.15) is 5.56 Å². The predicted molar refractivity (Wildman–Crippen MR) is 85.9 cm³/mol. The highest BCUT2D eigenvalue weighted by atomic mass is 79.9. The summed E-state index contributed by atoms with van der Waals surface area (Å²) in [4.78, 5) is 3.20. The zero-order valence-corrected chi connectivity index (χ0v) is 13.2. The number of nitrogens with zero attached hydrogens (tertiary/aromatic N) is 1. The zero-order chi connectivity index (χ0) is 13.6. The lowest BCUT2D eigenvalue weighted by Crippen LogP contribution is -1.97. The lowest BCUT2D eigenvalue weighted by atomic mass is 10.2. The summed E-state index contributed by atoms with van der Waals surface area (Å²) >= 11 is 15.1. The van der Waals surface area contributed by atoms with Crippen molar-refractivity contribution in [3.8, 4) is 5.69 Å². The molecule has 0 fully saturated rings. The van der Waals surface area contributed by atoms with Gasteiger partial charge in [-0.25, -0.2) is 0 Å². The van der Waals surface area contributed by atoms with Gasteiger partial charge in [-0.15, -0.1) is 0 Å². The van der Waals surface area contributed by atoms with Crippen molar-refractivity contribution < 1.29 is 0 Å². The Labute approximate surface area is 129 Å². The summed E-state index contributed by atoms with van der Waals surface area (Å²) in [6.45, 7) is 2.06. The molecule has 0 unspecified atom stereocenters. The number of H-pyrrole nitrogens is 1. The number of halogens is 2. The Morgan fingerprint density at radius 1 is 1.26 bits per heavy atom. The van der Waals surface area contributed by atoms with E-state index in [-0.39, 0.29) is 0 Å². The lowest BCUT2D eigenvalue weighted by Gasteiger charge is -2.09. The predicted octanol–water partition coefficient (Wildman–Crippen LogP) is 5.41. The largest absolute Gasteiger partial charge is 0.330 e. The van der Waals surface area contributed by atoms with Crippen LogP contribution >= 0.6 is 39.7 Å². The van der Waals surface area contributed by atoms with Gasteiger partial charge in [0.05, 0.1) is 16.7 Å². The molecule has 1 heterocycles. The van der Waals surface area contributed by atoms with Crippen LogP contribution in [-0.2, 0) is 0 Å². The summed E-state index contributed by atoms with van der Waals surface area (Å²) in [6, 6.07) is 11.8. The Bertz CT molecular complexity index is 835. The topological polar surface area (TPSA) is 20.7 Å². The van der Waals surface area contributed by atoms with Crippen molar-refractivity contribution in [1.29, 1.82) is 0 Å². The molecule has 0 spiro atoms. The molecule has 1 N–H and O–H groups in total. The van der Waals surface area contributed by atoms with Crippen LogP contribution < -0.4 is 0 Å². The third kappa shape index (κ3) is 2.14. The van der Waals surface area contributed by atoms with E-state index in [1.165, 1.54) is 0 Å². The van der Waals surface area contributed by atoms with E-state index >= 15 is 0 Å². The quantitative estimate of drug-likeness (QED) is 0.580. The molecule has 0 radical (unpaired) electrons. The van der Waals surface area contributed by atoms with Gasteiger partial charge in [-0.3, -0.25) is 4.57 Å². The molecule has 0 aliphatic heterocycles. The minimum atomic E-state index is 0.665. The van der Waals surface area contributed by atoms with E-state index in [0.29, 0.717) is 9.79 Å². The number of nitrogens with one attached hydrogen (secondary N) is 1. The molecule has 5 heteroatoms. The second-order valence-corrected chi connectivity index (χ2v) is 5.99. The highest BCUT2D eigenvalue weighted by molar-refractivity contribution is 9.10. The number of imidazole rings is 1. The molecule has 2 nitrogen and oxygen atoms in total. The van der Waals surface area contributed by atoms with E-state index in [2.05, 4.69) is 27.8 Å². The van der Waals surface area contributed by atoms with Crippen LogP contribution in [0.2, 0.25) is 5.02 Å². The molecule has 2 aromatic carbocycles. The van der Waals surface area contributed by atoms with E-state index in [1.54, 1.807) is 0 Å². The highest BCUT2D eigenvalue weighted by Crippen LogP contribution is 2.27. The van der Waals surface area contributed by atoms with Gasteiger partial charge >= 0.3 is 0 Å². The monoisotopic (exact) mass is 352 g/mol. The van der Waals surface area contributed by atoms with Gasteiger partial charge in [0, 0.05) is 9.50 Å². The van der Waals surface area contributed by atoms with Crippen LogP contribution in [0.5, 0.6) is 0 Å². The number of rotatable bonds is 1. The van der Waals surface area contributed by atoms with Crippen molar-refractivity contribution >= 4 is 50.8 Å². The first-order valence-electron chi connectivity index (χ1n) is 5.73. The zero-order valence-electron chi connectivity index (χ0n) is 10.1. The molecule has 0 atom stereocenters. The van der Waals surface area contributed by atoms with Gasteiger partial charge in [0.2, 0.25) is 0 Å². The van der Waals surface area contributed by atoms with Crippen molar-refractivity contribution in [3.05, 3.63) is 56.2 Å². The molecule has 3 aromatic rings. The van der Waals surface area contributed by atoms with Crippen LogP contribution in [0.3, 0.4) is 0 Å². The van der Waals surface area contributed by atoms with Gasteiger partial charge in [-0.2, -0.15) is 0 Å². The molecule has 0 aliphatic carbocycles. The first-order valence-corrected chi connectivity index (χ1v) is 7.31. The number of aromatic amines is 1. The average molecular weight is 354 g/mol. The first kappa shape index (κ1) is 12.9. The second kappa shape index (κ2) is 4.78. The summed E-state index contributed by atoms with van der Waals surface area (Å²) < 4.78 is 3.73. The van der Waals surface area contributed by atoms with Gasteiger partial charge in [-0.1, -0.05) is 33.6 Å². The molecule has 3 rings (SSSR count). The summed E-state index contributed by atoms with van der Waals surface area (Å²) in [5, 5.41) is 0.697. The number of hydrogen-bond acceptors (Lipinski definition) is 1. The number of benzene rings is 2. The Morgan fingerprint density at radius 3 is 2.84 bits per heavy atom. The molecular formula is C14H10BrClN2S. The second-order valence-electron chi connectivity index (χ2n) is 4.31. The number of fused-ring (bicyclic) bond motifs is 1. The standard InChI is InChI=1S/C14H10BrClN2S/c1-8-10(15)3-2-4-12(8)18-13-7-9(16)5-6-11(13)17-14(18)19/h2-7H,1H3,(H,17,19). The molecule has 0 saturated heterocycles. The molecule has 0 aliphatic rings. The SMILES string of the molecule is Cc1c(Br)cccc1-n1c(=S)[nH]c2ccc(Cl)cc21. The maximum absolute atomic E-state index is 6.09. The van der Waals surface area contributed by atoms with Crippen LogP contribution in [-0.4, -0.2) is 9.55 Å². The van der Waals surface area contributed by atoms with Crippen LogP contribution in [0.15, 0.2) is 40.9 Å². The van der Waals surface area contributed by atoms with Gasteiger partial charge in [0.25, 0.3) is 0 Å². The lowest BCUT2D eigenvalue weighted by molar-refractivity contribution is 1.05. The van der Waals surface area contributed by atoms with Crippen molar-refractivity contribution in [3.63, 3.8) is 0 Å². The maximum atomic E-state index is 6.09. The minimum absolute atomic E-state index is 0.665. The van der Waals surface area contributed by atoms with Gasteiger partial charge in [-0.05, 0) is 55.0 Å². The smallest absolute Gasteiger partial charge is 0.182 e. The molecule has 0 saturated carbocycles. The molecule has 96 valence electrons. The van der Waals surface area contributed by atoms with Gasteiger partial charge in [0.15, 0.2) is 4.77 Å². The fourth-order valence-electron chi connectivity index (χ4n) is 2.15. The average Bonchev–Trinajstić information content (AvgIpc) is 2.69. The van der Waals surface area contributed by atoms with Crippen molar-refractivity contribution in [2.24, 2.45) is 0 Å². The fraction of sp³-hybridized carbons (Fsp3) is 0.0714. The van der Waals surface area contributed by atoms with E-state index in [0.717, 1.165) is 26.8 Å². The van der Waals surface area contributed by atoms with E-state index in [9.17, 15) is 0 Å². The van der Waals surface area contributed by atoms with Crippen molar-refractivity contribution in [2.75, 3.05) is 0 Å². The molecule has 19 heavy (non-hydrogen) atoms. The maximum Gasteiger partial charge on any atom is 0.182 e. The summed E-state index contributed by atoms with van der Waals surface area (Å²) in [7, 11) is 0. The van der Waals surface area contributed by atoms with Crippen LogP contribution in [0.25, 0.3) is 16.7 Å². The van der Waals surface area contributed by atoms with E-state index < -0.39 is 0 Å². The molecule has 0 amide bonds. The molecule has 1 aromatic heterocycles. The Morgan fingerprint density at radius 2 is 2.05 bits per heavy atom. The number of aromatic nitrogens is 2. The third-order valence-corrected chi connectivity index (χ3v) is 4.50. The molecule has 0 bridgehead atoms. The molecular weight excluding hydrogens is 344 g/mol. The van der Waals surface area contributed by atoms with Gasteiger partial charge < -0.3 is 4.98 Å². The first-order chi connectivity index (χ1) is 9.08. The van der Waals surface area contributed by atoms with Crippen LogP contribution in [0.4, 0.5) is 0 Å². The highest BCUT2D eigenvalue weighted by Gasteiger charge is 2.10. The van der Waals surface area contributed by atoms with Crippen molar-refractivity contribution in [2.45, 2.75) is 6.92 Å². The van der Waals surface area contributed by atoms with E-state index in [1.807, 2.05) is 41.0 Å². The van der Waals surface area contributed by atoms with Crippen molar-refractivity contribution in [1.82, 2.24) is 9.55 Å². The number of hydrogen-bond donors (Lipinski definition) is 1. The Balaban J connectivity index is 2.42. The van der Waals surface area contributed by atoms with Crippen LogP contribution in [0, 0.1) is 11.7 Å². The van der Waals surface area contributed by atoms with Gasteiger partial charge in [0.1, 0.15) is 0 Å². The Kier molecular flexibility index (Phi) is 3.25. The normalized spacial score (nSPS) is 11.1. The summed E-state index contributed by atoms with van der Waals surface area (Å²) in [5.41, 5.74) is 4.15. The fourth-order valence-corrected chi connectivity index (χ4v) is 2.98. The minimum Gasteiger partial charge on any atom is -0.330 e. The third-order valence-electron chi connectivity index (χ3n) is 3.13. The Hall–Kier alpha value is -1.10. The van der Waals surface area contributed by atoms with E-state index in [4.69, 9.17) is 23.8 Å². The summed E-state index contributed by atoms with van der Waals surface area (Å²) in [6.07, 6.45) is 0. The summed E-state index contributed by atoms with van der Waals surface area (Å²) in [5.74, 6) is 0.